The number of hydrogen-bond acceptors (Lipinski definition) is 3. The molecule has 1 aromatic rings. The Labute approximate surface area is 132 Å². The SMILES string of the molecule is CCNC(=NCc1ncc(C)s1)NC1CCC(C)(C)CC1. The molecule has 2 N–H and O–H groups in total. The monoisotopic (exact) mass is 308 g/mol. The summed E-state index contributed by atoms with van der Waals surface area (Å²) in [6, 6.07) is 0.550. The minimum absolute atomic E-state index is 0.506. The molecule has 1 fully saturated rings. The van der Waals surface area contributed by atoms with Gasteiger partial charge in [0.15, 0.2) is 5.96 Å². The third kappa shape index (κ3) is 5.30. The summed E-state index contributed by atoms with van der Waals surface area (Å²) in [5, 5.41) is 8.01. The largest absolute Gasteiger partial charge is 0.357 e. The lowest BCUT2D eigenvalue weighted by molar-refractivity contribution is 0.216. The molecule has 1 aliphatic rings. The second kappa shape index (κ2) is 7.25. The molecule has 4 nitrogen and oxygen atoms in total. The Morgan fingerprint density at radius 3 is 2.71 bits per heavy atom. The highest BCUT2D eigenvalue weighted by molar-refractivity contribution is 7.11. The average Bonchev–Trinajstić information content (AvgIpc) is 2.84. The predicted molar refractivity (Wildman–Crippen MR) is 90.8 cm³/mol. The molecular weight excluding hydrogens is 280 g/mol. The number of aromatic nitrogens is 1. The molecule has 0 unspecified atom stereocenters. The minimum Gasteiger partial charge on any atom is -0.357 e. The predicted octanol–water partition coefficient (Wildman–Crippen LogP) is 3.48. The fraction of sp³-hybridized carbons (Fsp3) is 0.750. The van der Waals surface area contributed by atoms with Gasteiger partial charge in [0.2, 0.25) is 0 Å². The summed E-state index contributed by atoms with van der Waals surface area (Å²) in [5.74, 6) is 0.926. The molecule has 0 bridgehead atoms. The van der Waals surface area contributed by atoms with Gasteiger partial charge in [-0.25, -0.2) is 9.98 Å². The Morgan fingerprint density at radius 1 is 1.43 bits per heavy atom. The van der Waals surface area contributed by atoms with Crippen LogP contribution in [0.4, 0.5) is 0 Å². The lowest BCUT2D eigenvalue weighted by atomic mass is 9.75. The van der Waals surface area contributed by atoms with E-state index in [1.165, 1.54) is 30.6 Å². The highest BCUT2D eigenvalue weighted by Gasteiger charge is 2.27. The van der Waals surface area contributed by atoms with Crippen LogP contribution in [0.25, 0.3) is 0 Å². The summed E-state index contributed by atoms with van der Waals surface area (Å²) >= 11 is 1.72. The molecule has 0 aliphatic heterocycles. The van der Waals surface area contributed by atoms with Gasteiger partial charge in [-0.1, -0.05) is 13.8 Å². The molecule has 0 amide bonds. The Balaban J connectivity index is 1.89. The minimum atomic E-state index is 0.506. The molecule has 1 heterocycles. The van der Waals surface area contributed by atoms with E-state index in [0.717, 1.165) is 17.5 Å². The summed E-state index contributed by atoms with van der Waals surface area (Å²) in [5.41, 5.74) is 0.506. The molecule has 0 saturated heterocycles. The van der Waals surface area contributed by atoms with Crippen LogP contribution >= 0.6 is 11.3 Å². The molecule has 0 aromatic carbocycles. The fourth-order valence-electron chi connectivity index (χ4n) is 2.68. The van der Waals surface area contributed by atoms with Crippen molar-refractivity contribution in [3.63, 3.8) is 0 Å². The van der Waals surface area contributed by atoms with Gasteiger partial charge in [-0.15, -0.1) is 11.3 Å². The normalized spacial score (nSPS) is 19.5. The van der Waals surface area contributed by atoms with Crippen molar-refractivity contribution in [2.45, 2.75) is 66.0 Å². The van der Waals surface area contributed by atoms with Crippen molar-refractivity contribution in [3.05, 3.63) is 16.1 Å². The van der Waals surface area contributed by atoms with Gasteiger partial charge in [0.1, 0.15) is 5.01 Å². The Kier molecular flexibility index (Phi) is 5.62. The molecule has 2 rings (SSSR count). The van der Waals surface area contributed by atoms with Crippen molar-refractivity contribution >= 4 is 17.3 Å². The second-order valence-corrected chi connectivity index (χ2v) is 7.96. The molecule has 21 heavy (non-hydrogen) atoms. The first kappa shape index (κ1) is 16.3. The highest BCUT2D eigenvalue weighted by atomic mass is 32.1. The molecule has 1 aromatic heterocycles. The van der Waals surface area contributed by atoms with E-state index in [0.29, 0.717) is 18.0 Å². The maximum absolute atomic E-state index is 4.67. The first-order chi connectivity index (χ1) is 9.98. The van der Waals surface area contributed by atoms with Gasteiger partial charge in [-0.05, 0) is 44.9 Å². The number of aliphatic imine (C=N–C) groups is 1. The third-order valence-electron chi connectivity index (χ3n) is 4.07. The van der Waals surface area contributed by atoms with Crippen LogP contribution in [0.3, 0.4) is 0 Å². The Morgan fingerprint density at radius 2 is 2.14 bits per heavy atom. The first-order valence-corrected chi connectivity index (χ1v) is 8.76. The zero-order valence-electron chi connectivity index (χ0n) is 13.7. The van der Waals surface area contributed by atoms with Crippen LogP contribution < -0.4 is 10.6 Å². The lowest BCUT2D eigenvalue weighted by Gasteiger charge is -2.35. The van der Waals surface area contributed by atoms with E-state index in [1.807, 2.05) is 6.20 Å². The summed E-state index contributed by atoms with van der Waals surface area (Å²) < 4.78 is 0. The van der Waals surface area contributed by atoms with Crippen LogP contribution in [-0.4, -0.2) is 23.5 Å². The number of nitrogens with one attached hydrogen (secondary N) is 2. The van der Waals surface area contributed by atoms with E-state index in [-0.39, 0.29) is 0 Å². The van der Waals surface area contributed by atoms with Gasteiger partial charge in [0.05, 0.1) is 6.54 Å². The van der Waals surface area contributed by atoms with Crippen LogP contribution in [0.1, 0.15) is 56.3 Å². The van der Waals surface area contributed by atoms with Crippen LogP contribution in [0.15, 0.2) is 11.2 Å². The molecule has 118 valence electrons. The average molecular weight is 308 g/mol. The Bertz CT molecular complexity index is 468. The molecule has 0 atom stereocenters. The molecular formula is C16H28N4S. The van der Waals surface area contributed by atoms with E-state index in [9.17, 15) is 0 Å². The standard InChI is InChI=1S/C16H28N4S/c1-5-17-15(19-11-14-18-10-12(2)21-14)20-13-6-8-16(3,4)9-7-13/h10,13H,5-9,11H2,1-4H3,(H2,17,19,20). The van der Waals surface area contributed by atoms with Gasteiger partial charge in [0, 0.05) is 23.7 Å². The summed E-state index contributed by atoms with van der Waals surface area (Å²) in [4.78, 5) is 10.3. The molecule has 0 spiro atoms. The molecule has 5 heteroatoms. The van der Waals surface area contributed by atoms with Crippen molar-refractivity contribution in [3.8, 4) is 0 Å². The topological polar surface area (TPSA) is 49.3 Å². The summed E-state index contributed by atoms with van der Waals surface area (Å²) in [6.07, 6.45) is 6.95. The van der Waals surface area contributed by atoms with Crippen molar-refractivity contribution in [2.24, 2.45) is 10.4 Å². The quantitative estimate of drug-likeness (QED) is 0.661. The third-order valence-corrected chi connectivity index (χ3v) is 4.96. The highest BCUT2D eigenvalue weighted by Crippen LogP contribution is 2.34. The summed E-state index contributed by atoms with van der Waals surface area (Å²) in [7, 11) is 0. The zero-order chi connectivity index (χ0) is 15.3. The Hall–Kier alpha value is -1.10. The smallest absolute Gasteiger partial charge is 0.191 e. The molecule has 1 aliphatic carbocycles. The van der Waals surface area contributed by atoms with Crippen LogP contribution in [0.2, 0.25) is 0 Å². The maximum Gasteiger partial charge on any atom is 0.191 e. The first-order valence-electron chi connectivity index (χ1n) is 7.95. The van der Waals surface area contributed by atoms with Crippen LogP contribution in [-0.2, 0) is 6.54 Å². The van der Waals surface area contributed by atoms with Gasteiger partial charge in [-0.2, -0.15) is 0 Å². The lowest BCUT2D eigenvalue weighted by Crippen LogP contribution is -2.45. The molecule has 0 radical (unpaired) electrons. The summed E-state index contributed by atoms with van der Waals surface area (Å²) in [6.45, 7) is 10.5. The van der Waals surface area contributed by atoms with Gasteiger partial charge in [0.25, 0.3) is 0 Å². The fourth-order valence-corrected chi connectivity index (χ4v) is 3.39. The van der Waals surface area contributed by atoms with E-state index in [2.05, 4.69) is 48.3 Å². The number of guanidine groups is 1. The van der Waals surface area contributed by atoms with E-state index in [4.69, 9.17) is 0 Å². The number of hydrogen-bond donors (Lipinski definition) is 2. The molecule has 1 saturated carbocycles. The second-order valence-electron chi connectivity index (χ2n) is 6.64. The maximum atomic E-state index is 4.67. The van der Waals surface area contributed by atoms with E-state index >= 15 is 0 Å². The van der Waals surface area contributed by atoms with Crippen molar-refractivity contribution in [1.29, 1.82) is 0 Å². The number of nitrogens with zero attached hydrogens (tertiary/aromatic N) is 2. The van der Waals surface area contributed by atoms with Gasteiger partial charge >= 0.3 is 0 Å². The van der Waals surface area contributed by atoms with Crippen molar-refractivity contribution < 1.29 is 0 Å². The van der Waals surface area contributed by atoms with E-state index in [1.54, 1.807) is 11.3 Å². The van der Waals surface area contributed by atoms with E-state index < -0.39 is 0 Å². The number of rotatable bonds is 4. The van der Waals surface area contributed by atoms with Crippen molar-refractivity contribution in [1.82, 2.24) is 15.6 Å². The van der Waals surface area contributed by atoms with Crippen molar-refractivity contribution in [2.75, 3.05) is 6.54 Å². The van der Waals surface area contributed by atoms with Gasteiger partial charge in [-0.3, -0.25) is 0 Å². The van der Waals surface area contributed by atoms with Gasteiger partial charge < -0.3 is 10.6 Å². The number of thiazole rings is 1. The van der Waals surface area contributed by atoms with Crippen LogP contribution in [0, 0.1) is 12.3 Å². The zero-order valence-corrected chi connectivity index (χ0v) is 14.5. The number of aryl methyl sites for hydroxylation is 1. The van der Waals surface area contributed by atoms with Crippen LogP contribution in [0.5, 0.6) is 0 Å².